The predicted molar refractivity (Wildman–Crippen MR) is 463 cm³/mol. The van der Waals surface area contributed by atoms with Crippen LogP contribution in [0.4, 0.5) is 104 Å². The Labute approximate surface area is 686 Å². The first-order chi connectivity index (χ1) is 57.2. The molecule has 0 saturated carbocycles. The summed E-state index contributed by atoms with van der Waals surface area (Å²) in [6.07, 6.45) is 11.4. The Kier molecular flexibility index (Phi) is 31.6. The van der Waals surface area contributed by atoms with Gasteiger partial charge in [-0.2, -0.15) is 19.9 Å². The molecule has 0 aliphatic carbocycles. The summed E-state index contributed by atoms with van der Waals surface area (Å²) >= 11 is 6.28. The van der Waals surface area contributed by atoms with Gasteiger partial charge in [0.15, 0.2) is 17.3 Å². The average molecular weight is 1610 g/mol. The smallest absolute Gasteiger partial charge is 0.247 e. The molecule has 118 heavy (non-hydrogen) atoms. The van der Waals surface area contributed by atoms with E-state index in [1.807, 2.05) is 124 Å². The molecule has 0 spiro atoms. The molecule has 12 rings (SSSR count). The van der Waals surface area contributed by atoms with E-state index in [1.165, 1.54) is 44.7 Å². The van der Waals surface area contributed by atoms with Gasteiger partial charge >= 0.3 is 0 Å². The van der Waals surface area contributed by atoms with Crippen LogP contribution in [0.3, 0.4) is 0 Å². The number of rotatable bonds is 31. The van der Waals surface area contributed by atoms with E-state index < -0.39 is 0 Å². The van der Waals surface area contributed by atoms with Gasteiger partial charge in [0.05, 0.1) is 78.7 Å². The molecule has 4 heterocycles. The van der Waals surface area contributed by atoms with Gasteiger partial charge in [-0.1, -0.05) is 86.4 Å². The summed E-state index contributed by atoms with van der Waals surface area (Å²) in [5.41, 5.74) is 10.0. The van der Waals surface area contributed by atoms with Crippen LogP contribution >= 0.6 is 11.6 Å². The van der Waals surface area contributed by atoms with Crippen LogP contribution in [0.2, 0.25) is 5.02 Å². The molecule has 12 aromatic rings. The van der Waals surface area contributed by atoms with Gasteiger partial charge in [0.1, 0.15) is 45.4 Å². The summed E-state index contributed by atoms with van der Waals surface area (Å²) < 4.78 is 43.4. The highest BCUT2D eigenvalue weighted by Gasteiger charge is 2.19. The number of nitrogens with one attached hydrogen (secondary N) is 11. The molecule has 32 heteroatoms. The van der Waals surface area contributed by atoms with E-state index in [2.05, 4.69) is 125 Å². The van der Waals surface area contributed by atoms with Crippen LogP contribution in [0, 0.1) is 20.8 Å². The van der Waals surface area contributed by atoms with Crippen LogP contribution in [0.1, 0.15) is 16.7 Å². The molecule has 11 N–H and O–H groups in total. The number of amides is 4. The maximum Gasteiger partial charge on any atom is 0.247 e. The number of anilines is 18. The summed E-state index contributed by atoms with van der Waals surface area (Å²) in [6, 6.07) is 52.7. The molecule has 4 amide bonds. The summed E-state index contributed by atoms with van der Waals surface area (Å²) in [6.45, 7) is 19.5. The normalized spacial score (nSPS) is 10.1. The summed E-state index contributed by atoms with van der Waals surface area (Å²) in [4.78, 5) is 81.2. The molecule has 0 aliphatic heterocycles. The first-order valence-corrected chi connectivity index (χ1v) is 36.1. The van der Waals surface area contributed by atoms with Gasteiger partial charge in [0, 0.05) is 87.2 Å². The van der Waals surface area contributed by atoms with Crippen molar-refractivity contribution in [2.24, 2.45) is 0 Å². The molecule has 0 bridgehead atoms. The van der Waals surface area contributed by atoms with Crippen molar-refractivity contribution in [3.63, 3.8) is 0 Å². The summed E-state index contributed by atoms with van der Waals surface area (Å²) in [5.74, 6) is 7.03. The minimum atomic E-state index is -0.308. The van der Waals surface area contributed by atoms with Crippen molar-refractivity contribution in [2.45, 2.75) is 20.8 Å². The summed E-state index contributed by atoms with van der Waals surface area (Å²) in [7, 11) is 11.0. The zero-order valence-electron chi connectivity index (χ0n) is 66.0. The predicted octanol–water partition coefficient (Wildman–Crippen LogP) is 18.0. The van der Waals surface area contributed by atoms with Crippen molar-refractivity contribution >= 4 is 139 Å². The van der Waals surface area contributed by atoms with Gasteiger partial charge in [-0.25, -0.2) is 19.9 Å². The van der Waals surface area contributed by atoms with E-state index >= 15 is 0 Å². The minimum Gasteiger partial charge on any atom is -0.497 e. The molecule has 0 aliphatic rings. The van der Waals surface area contributed by atoms with Crippen LogP contribution < -0.4 is 96.4 Å². The van der Waals surface area contributed by atoms with Crippen LogP contribution in [0.25, 0.3) is 0 Å². The fourth-order valence-electron chi connectivity index (χ4n) is 10.4. The Morgan fingerprint density at radius 2 is 0.695 bits per heavy atom. The zero-order valence-corrected chi connectivity index (χ0v) is 66.8. The molecule has 4 aromatic heterocycles. The number of halogens is 1. The second kappa shape index (κ2) is 43.3. The number of ether oxygens (including phenoxy) is 8. The molecular weight excluding hydrogens is 1530 g/mol. The van der Waals surface area contributed by atoms with Crippen LogP contribution in [0.5, 0.6) is 51.9 Å². The highest BCUT2D eigenvalue weighted by atomic mass is 35.5. The van der Waals surface area contributed by atoms with E-state index in [1.54, 1.807) is 127 Å². The van der Waals surface area contributed by atoms with Crippen LogP contribution in [-0.4, -0.2) is 113 Å². The number of methoxy groups -OCH3 is 7. The lowest BCUT2D eigenvalue weighted by Gasteiger charge is -2.16. The molecule has 0 saturated heterocycles. The second-order valence-corrected chi connectivity index (χ2v) is 24.8. The SMILES string of the molecule is C=CC(=O)Nc1cccc(Nc2nc(Nc3ccc(OC)c(OC)c3OC)ncc2Cl)c1.C=CC(=O)Nc1cccc(Nc2nc(Nc3ccc(OC)cc3OC)ncc2C)c1.C=CC(=O)Nc1cccc(Nc2nc(Nc3ccccc3OC)ncc2C)c1.C=CC(=O)Nc1cccc(Oc2nc(Nc3ccccc3OC)ncc2C)c1. The number of benzene rings is 8. The van der Waals surface area contributed by atoms with Gasteiger partial charge in [-0.3, -0.25) is 19.2 Å². The van der Waals surface area contributed by atoms with Crippen molar-refractivity contribution < 1.29 is 57.1 Å². The van der Waals surface area contributed by atoms with E-state index in [4.69, 9.17) is 49.5 Å². The molecule has 8 aromatic carbocycles. The number of aryl methyl sites for hydroxylation is 3. The van der Waals surface area contributed by atoms with Crippen molar-refractivity contribution in [2.75, 3.05) is 108 Å². The number of hydrogen-bond acceptors (Lipinski definition) is 27. The van der Waals surface area contributed by atoms with Crippen LogP contribution in [-0.2, 0) is 19.2 Å². The molecule has 31 nitrogen and oxygen atoms in total. The number of para-hydroxylation sites is 4. The van der Waals surface area contributed by atoms with Gasteiger partial charge in [-0.15, -0.1) is 0 Å². The zero-order chi connectivity index (χ0) is 84.5. The van der Waals surface area contributed by atoms with Crippen LogP contribution in [0.15, 0.2) is 251 Å². The monoisotopic (exact) mass is 1610 g/mol. The molecule has 0 unspecified atom stereocenters. The maximum atomic E-state index is 11.5. The van der Waals surface area contributed by atoms with Gasteiger partial charge in [0.2, 0.25) is 59.1 Å². The minimum absolute atomic E-state index is 0.265. The second-order valence-electron chi connectivity index (χ2n) is 24.4. The van der Waals surface area contributed by atoms with Crippen molar-refractivity contribution in [1.29, 1.82) is 0 Å². The van der Waals surface area contributed by atoms with Crippen molar-refractivity contribution in [3.05, 3.63) is 273 Å². The van der Waals surface area contributed by atoms with Crippen molar-refractivity contribution in [1.82, 2.24) is 39.9 Å². The van der Waals surface area contributed by atoms with Gasteiger partial charge in [-0.05, 0) is 160 Å². The van der Waals surface area contributed by atoms with E-state index in [9.17, 15) is 19.2 Å². The Balaban J connectivity index is 0.000000180. The molecular formula is C86H86ClN19O12. The molecule has 604 valence electrons. The lowest BCUT2D eigenvalue weighted by molar-refractivity contribution is -0.112. The fraction of sp³-hybridized carbons (Fsp3) is 0.116. The lowest BCUT2D eigenvalue weighted by Crippen LogP contribution is -2.07. The Morgan fingerprint density at radius 1 is 0.322 bits per heavy atom. The number of aromatic nitrogens is 8. The lowest BCUT2D eigenvalue weighted by atomic mass is 10.2. The maximum absolute atomic E-state index is 11.5. The highest BCUT2D eigenvalue weighted by molar-refractivity contribution is 6.33. The largest absolute Gasteiger partial charge is 0.497 e. The Morgan fingerprint density at radius 3 is 1.14 bits per heavy atom. The standard InChI is InChI=1S/C22H22ClN5O4.C22H23N5O3.C21H21N5O2.C21H20N4O3/c1-5-18(29)25-13-7-6-8-14(11-13)26-21-15(23)12-24-22(28-21)27-16-9-10-17(30-2)20(32-4)19(16)31-3;1-5-20(28)24-15-7-6-8-16(11-15)25-21-14(2)13-23-22(27-21)26-18-10-9-17(29-3)12-19(18)30-4;1-4-19(27)23-15-8-7-9-16(12-15)24-20-14(2)13-22-21(26-20)25-17-10-5-6-11-18(17)28-3;1-4-19(26)23-15-8-7-9-16(12-15)28-20-14(2)13-22-21(25-20)24-17-10-5-6-11-18(17)27-3/h5-12H,1H2,2-4H3,(H,25,29)(H2,24,26,27,28);5-13H,1H2,2-4H3,(H,24,28)(H2,23,25,26,27);4-13H,1H2,2-3H3,(H,23,27)(H2,22,24,25,26);4-13H,1H2,2-3H3,(H,23,26)(H,22,24,25). The van der Waals surface area contributed by atoms with E-state index in [-0.39, 0.29) is 29.6 Å². The first kappa shape index (κ1) is 86.2. The number of carbonyl (C=O) groups excluding carboxylic acids is 4. The number of carbonyl (C=O) groups is 4. The van der Waals surface area contributed by atoms with E-state index in [0.717, 1.165) is 39.4 Å². The summed E-state index contributed by atoms with van der Waals surface area (Å²) in [5, 5.41) is 33.4. The molecule has 0 fully saturated rings. The third-order valence-corrected chi connectivity index (χ3v) is 16.4. The average Bonchev–Trinajstić information content (AvgIpc) is 0.811. The Bertz CT molecular complexity index is 5400. The Hall–Kier alpha value is -15.8. The quantitative estimate of drug-likeness (QED) is 0.0180. The van der Waals surface area contributed by atoms with E-state index in [0.29, 0.717) is 132 Å². The molecule has 0 atom stereocenters. The fourth-order valence-corrected chi connectivity index (χ4v) is 10.5. The highest BCUT2D eigenvalue weighted by Crippen LogP contribution is 2.44. The van der Waals surface area contributed by atoms with Crippen molar-refractivity contribution in [3.8, 4) is 51.9 Å². The third-order valence-electron chi connectivity index (χ3n) is 16.2. The third kappa shape index (κ3) is 25.1. The first-order valence-electron chi connectivity index (χ1n) is 35.7. The number of hydrogen-bond donors (Lipinski definition) is 11. The molecule has 0 radical (unpaired) electrons. The topological polar surface area (TPSA) is 378 Å². The van der Waals surface area contributed by atoms with Gasteiger partial charge in [0.25, 0.3) is 0 Å². The number of nitrogens with zero attached hydrogens (tertiary/aromatic N) is 8. The van der Waals surface area contributed by atoms with Gasteiger partial charge < -0.3 is 96.4 Å².